The smallest absolute Gasteiger partial charge is 0.228 e. The lowest BCUT2D eigenvalue weighted by Crippen LogP contribution is -2.34. The molecular formula is C13H14N2O3S. The molecule has 0 spiro atoms. The summed E-state index contributed by atoms with van der Waals surface area (Å²) in [4.78, 5) is 12.0. The normalized spacial score (nSPS) is 21.3. The van der Waals surface area contributed by atoms with Crippen LogP contribution in [0.25, 0.3) is 0 Å². The predicted octanol–water partition coefficient (Wildman–Crippen LogP) is 1.32. The van der Waals surface area contributed by atoms with Crippen LogP contribution in [0.3, 0.4) is 0 Å². The second-order valence-electron chi connectivity index (χ2n) is 4.60. The van der Waals surface area contributed by atoms with E-state index in [0.29, 0.717) is 24.1 Å². The maximum Gasteiger partial charge on any atom is 0.228 e. The summed E-state index contributed by atoms with van der Waals surface area (Å²) in [6, 6.07) is 8.65. The lowest BCUT2D eigenvalue weighted by Gasteiger charge is -2.21. The number of nitrogens with one attached hydrogen (secondary N) is 1. The molecule has 6 heteroatoms. The molecule has 2 rings (SSSR count). The summed E-state index contributed by atoms with van der Waals surface area (Å²) in [6.07, 6.45) is 1.08. The summed E-state index contributed by atoms with van der Waals surface area (Å²) in [5.41, 5.74) is 0.799. The van der Waals surface area contributed by atoms with E-state index >= 15 is 0 Å². The largest absolute Gasteiger partial charge is 0.325 e. The van der Waals surface area contributed by atoms with E-state index in [1.807, 2.05) is 6.07 Å². The van der Waals surface area contributed by atoms with Crippen LogP contribution in [0.4, 0.5) is 5.69 Å². The molecule has 0 aromatic heterocycles. The van der Waals surface area contributed by atoms with Gasteiger partial charge in [0.2, 0.25) is 5.91 Å². The minimum atomic E-state index is -3.11. The maximum atomic E-state index is 12.0. The zero-order valence-electron chi connectivity index (χ0n) is 10.3. The number of nitriles is 1. The van der Waals surface area contributed by atoms with Gasteiger partial charge in [-0.25, -0.2) is 8.42 Å². The van der Waals surface area contributed by atoms with E-state index < -0.39 is 15.8 Å². The molecule has 1 aliphatic rings. The Morgan fingerprint density at radius 3 is 2.79 bits per heavy atom. The molecule has 1 aliphatic heterocycles. The zero-order chi connectivity index (χ0) is 13.9. The first-order chi connectivity index (χ1) is 9.02. The number of sulfone groups is 1. The second-order valence-corrected chi connectivity index (χ2v) is 6.83. The van der Waals surface area contributed by atoms with E-state index in [4.69, 9.17) is 5.26 Å². The molecule has 1 fully saturated rings. The number of hydrogen-bond donors (Lipinski definition) is 1. The summed E-state index contributed by atoms with van der Waals surface area (Å²) < 4.78 is 23.0. The number of carbonyl (C=O) groups is 1. The molecule has 1 unspecified atom stereocenters. The fourth-order valence-electron chi connectivity index (χ4n) is 2.15. The Balaban J connectivity index is 2.11. The molecule has 100 valence electrons. The Morgan fingerprint density at radius 2 is 2.11 bits per heavy atom. The lowest BCUT2D eigenvalue weighted by atomic mass is 10.0. The quantitative estimate of drug-likeness (QED) is 0.883. The van der Waals surface area contributed by atoms with Crippen LogP contribution >= 0.6 is 0 Å². The molecule has 0 bridgehead atoms. The molecule has 19 heavy (non-hydrogen) atoms. The standard InChI is InChI=1S/C13H14N2O3S/c14-8-10-4-1-2-6-12(10)15-13(16)11-5-3-7-19(17,18)9-11/h1-2,4,6,11H,3,5,7,9H2,(H,15,16). The average molecular weight is 278 g/mol. The highest BCUT2D eigenvalue weighted by Gasteiger charge is 2.30. The van der Waals surface area contributed by atoms with Gasteiger partial charge >= 0.3 is 0 Å². The predicted molar refractivity (Wildman–Crippen MR) is 71.2 cm³/mol. The van der Waals surface area contributed by atoms with Gasteiger partial charge in [-0.3, -0.25) is 4.79 Å². The van der Waals surface area contributed by atoms with Crippen LogP contribution in [0.1, 0.15) is 18.4 Å². The van der Waals surface area contributed by atoms with Crippen LogP contribution in [0.15, 0.2) is 24.3 Å². The monoisotopic (exact) mass is 278 g/mol. The number of hydrogen-bond acceptors (Lipinski definition) is 4. The first-order valence-corrected chi connectivity index (χ1v) is 7.84. The summed E-state index contributed by atoms with van der Waals surface area (Å²) in [5, 5.41) is 11.6. The molecule has 1 saturated heterocycles. The Labute approximate surface area is 112 Å². The number of anilines is 1. The highest BCUT2D eigenvalue weighted by Crippen LogP contribution is 2.21. The van der Waals surface area contributed by atoms with Crippen molar-refractivity contribution in [1.82, 2.24) is 0 Å². The summed E-state index contributed by atoms with van der Waals surface area (Å²) >= 11 is 0. The fraction of sp³-hybridized carbons (Fsp3) is 0.385. The lowest BCUT2D eigenvalue weighted by molar-refractivity contribution is -0.119. The van der Waals surface area contributed by atoms with Crippen molar-refractivity contribution in [3.63, 3.8) is 0 Å². The van der Waals surface area contributed by atoms with E-state index in [1.54, 1.807) is 24.3 Å². The third kappa shape index (κ3) is 3.32. The topological polar surface area (TPSA) is 87.0 Å². The van der Waals surface area contributed by atoms with Gasteiger partial charge in [-0.05, 0) is 25.0 Å². The summed E-state index contributed by atoms with van der Waals surface area (Å²) in [5.74, 6) is -0.796. The highest BCUT2D eigenvalue weighted by molar-refractivity contribution is 7.91. The van der Waals surface area contributed by atoms with Crippen molar-refractivity contribution in [1.29, 1.82) is 5.26 Å². The molecule has 0 radical (unpaired) electrons. The van der Waals surface area contributed by atoms with E-state index in [2.05, 4.69) is 5.32 Å². The number of carbonyl (C=O) groups excluding carboxylic acids is 1. The van der Waals surface area contributed by atoms with Crippen molar-refractivity contribution >= 4 is 21.4 Å². The molecular weight excluding hydrogens is 264 g/mol. The zero-order valence-corrected chi connectivity index (χ0v) is 11.1. The number of nitrogens with zero attached hydrogens (tertiary/aromatic N) is 1. The Hall–Kier alpha value is -1.87. The first kappa shape index (κ1) is 13.6. The molecule has 1 heterocycles. The van der Waals surface area contributed by atoms with Crippen LogP contribution in [-0.4, -0.2) is 25.8 Å². The third-order valence-electron chi connectivity index (χ3n) is 3.14. The van der Waals surface area contributed by atoms with Crippen LogP contribution in [-0.2, 0) is 14.6 Å². The SMILES string of the molecule is N#Cc1ccccc1NC(=O)C1CCCS(=O)(=O)C1. The first-order valence-electron chi connectivity index (χ1n) is 6.02. The van der Waals surface area contributed by atoms with E-state index in [9.17, 15) is 13.2 Å². The molecule has 5 nitrogen and oxygen atoms in total. The van der Waals surface area contributed by atoms with Gasteiger partial charge in [-0.1, -0.05) is 12.1 Å². The van der Waals surface area contributed by atoms with Crippen molar-refractivity contribution in [3.8, 4) is 6.07 Å². The highest BCUT2D eigenvalue weighted by atomic mass is 32.2. The van der Waals surface area contributed by atoms with Crippen LogP contribution in [0.5, 0.6) is 0 Å². The van der Waals surface area contributed by atoms with E-state index in [-0.39, 0.29) is 17.4 Å². The fourth-order valence-corrected chi connectivity index (χ4v) is 3.86. The van der Waals surface area contributed by atoms with Crippen molar-refractivity contribution in [3.05, 3.63) is 29.8 Å². The molecule has 1 aromatic carbocycles. The van der Waals surface area contributed by atoms with Crippen LogP contribution in [0.2, 0.25) is 0 Å². The minimum Gasteiger partial charge on any atom is -0.325 e. The van der Waals surface area contributed by atoms with Gasteiger partial charge in [0.05, 0.1) is 28.7 Å². The van der Waals surface area contributed by atoms with Crippen molar-refractivity contribution in [2.75, 3.05) is 16.8 Å². The minimum absolute atomic E-state index is 0.104. The van der Waals surface area contributed by atoms with Gasteiger partial charge in [-0.2, -0.15) is 5.26 Å². The Kier molecular flexibility index (Phi) is 3.86. The Morgan fingerprint density at radius 1 is 1.37 bits per heavy atom. The van der Waals surface area contributed by atoms with Gasteiger partial charge in [0.1, 0.15) is 6.07 Å². The maximum absolute atomic E-state index is 12.0. The summed E-state index contributed by atoms with van der Waals surface area (Å²) in [7, 11) is -3.11. The van der Waals surface area contributed by atoms with E-state index in [0.717, 1.165) is 0 Å². The molecule has 0 saturated carbocycles. The van der Waals surface area contributed by atoms with Crippen LogP contribution < -0.4 is 5.32 Å². The average Bonchev–Trinajstić information content (AvgIpc) is 2.38. The van der Waals surface area contributed by atoms with Gasteiger partial charge in [0.25, 0.3) is 0 Å². The molecule has 1 amide bonds. The molecule has 1 aromatic rings. The van der Waals surface area contributed by atoms with Gasteiger partial charge in [0, 0.05) is 0 Å². The van der Waals surface area contributed by atoms with Gasteiger partial charge in [0.15, 0.2) is 9.84 Å². The number of amides is 1. The molecule has 1 N–H and O–H groups in total. The molecule has 0 aliphatic carbocycles. The third-order valence-corrected chi connectivity index (χ3v) is 4.96. The van der Waals surface area contributed by atoms with E-state index in [1.165, 1.54) is 0 Å². The summed E-state index contributed by atoms with van der Waals surface area (Å²) in [6.45, 7) is 0. The van der Waals surface area contributed by atoms with Crippen molar-refractivity contribution in [2.24, 2.45) is 5.92 Å². The number of rotatable bonds is 2. The number of benzene rings is 1. The van der Waals surface area contributed by atoms with Gasteiger partial charge < -0.3 is 5.32 Å². The Bertz CT molecular complexity index is 632. The van der Waals surface area contributed by atoms with Gasteiger partial charge in [-0.15, -0.1) is 0 Å². The van der Waals surface area contributed by atoms with Crippen LogP contribution in [0, 0.1) is 17.2 Å². The number of para-hydroxylation sites is 1. The van der Waals surface area contributed by atoms with Crippen molar-refractivity contribution < 1.29 is 13.2 Å². The molecule has 1 atom stereocenters. The van der Waals surface area contributed by atoms with Crippen molar-refractivity contribution in [2.45, 2.75) is 12.8 Å². The second kappa shape index (κ2) is 5.41.